The topological polar surface area (TPSA) is 98.8 Å². The molecule has 16 heteroatoms. The molecule has 8 nitrogen and oxygen atoms in total. The fourth-order valence-electron chi connectivity index (χ4n) is 9.04. The molecule has 0 spiro atoms. The monoisotopic (exact) mass is 952 g/mol. The number of hydrogen-bond donors (Lipinski definition) is 2. The van der Waals surface area contributed by atoms with Gasteiger partial charge in [-0.25, -0.2) is 35.1 Å². The first-order chi connectivity index (χ1) is 32.4. The Labute approximate surface area is 391 Å². The van der Waals surface area contributed by atoms with Gasteiger partial charge in [0.1, 0.15) is 61.5 Å². The van der Waals surface area contributed by atoms with Crippen LogP contribution in [0.15, 0.2) is 147 Å². The molecule has 4 aromatic carbocycles. The van der Waals surface area contributed by atoms with Crippen molar-refractivity contribution in [3.8, 4) is 0 Å². The number of alkyl halides is 8. The molecule has 2 unspecified atom stereocenters. The van der Waals surface area contributed by atoms with Gasteiger partial charge in [-0.1, -0.05) is 123 Å². The van der Waals surface area contributed by atoms with E-state index in [0.29, 0.717) is 11.1 Å². The number of nitrogens with one attached hydrogen (secondary N) is 2. The number of rotatable bonds is 16. The van der Waals surface area contributed by atoms with E-state index in [1.807, 2.05) is 0 Å². The molecule has 2 fully saturated rings. The van der Waals surface area contributed by atoms with Crippen LogP contribution in [0.1, 0.15) is 58.5 Å². The number of amides is 4. The van der Waals surface area contributed by atoms with Crippen LogP contribution in [0.25, 0.3) is 0 Å². The quantitative estimate of drug-likeness (QED) is 0.0864. The first-order valence-corrected chi connectivity index (χ1v) is 22.1. The van der Waals surface area contributed by atoms with Crippen LogP contribution in [0.4, 0.5) is 35.1 Å². The van der Waals surface area contributed by atoms with Gasteiger partial charge >= 0.3 is 0 Å². The highest BCUT2D eigenvalue weighted by Crippen LogP contribution is 2.49. The third-order valence-corrected chi connectivity index (χ3v) is 12.7. The van der Waals surface area contributed by atoms with Crippen molar-refractivity contribution in [1.82, 2.24) is 20.4 Å². The molecule has 4 amide bonds. The first-order valence-electron chi connectivity index (χ1n) is 22.1. The summed E-state index contributed by atoms with van der Waals surface area (Å²) in [7, 11) is 0. The number of benzene rings is 4. The van der Waals surface area contributed by atoms with Gasteiger partial charge in [0.05, 0.1) is 10.8 Å². The van der Waals surface area contributed by atoms with Crippen molar-refractivity contribution in [3.63, 3.8) is 0 Å². The Morgan fingerprint density at radius 1 is 0.515 bits per heavy atom. The zero-order valence-electron chi connectivity index (χ0n) is 37.7. The van der Waals surface area contributed by atoms with Gasteiger partial charge in [0.2, 0.25) is 11.8 Å². The average Bonchev–Trinajstić information content (AvgIpc) is 3.35. The van der Waals surface area contributed by atoms with Crippen molar-refractivity contribution in [1.29, 1.82) is 0 Å². The van der Waals surface area contributed by atoms with Crippen LogP contribution >= 0.6 is 0 Å². The summed E-state index contributed by atoms with van der Waals surface area (Å²) in [5.74, 6) is -3.25. The van der Waals surface area contributed by atoms with Crippen molar-refractivity contribution in [3.05, 3.63) is 169 Å². The van der Waals surface area contributed by atoms with Crippen LogP contribution in [-0.4, -0.2) is 108 Å². The van der Waals surface area contributed by atoms with Gasteiger partial charge < -0.3 is 20.4 Å². The van der Waals surface area contributed by atoms with Gasteiger partial charge in [-0.2, -0.15) is 0 Å². The fraction of sp³-hybridized carbons (Fsp3) is 0.385. The summed E-state index contributed by atoms with van der Waals surface area (Å²) in [4.78, 5) is 55.6. The minimum absolute atomic E-state index is 0.000276. The van der Waals surface area contributed by atoms with Crippen LogP contribution < -0.4 is 10.6 Å². The summed E-state index contributed by atoms with van der Waals surface area (Å²) < 4.78 is 119. The SMILES string of the molecule is C=CCN(C(=O)c1ccccc1)[C@@H](C(=O)NCc1ccccc1)C1(C)[C@H](F)[C@H](F)C[C@H](F)[C@@H]1F.C=CCN(C(=O)c1ccccc1)[C@@H](C(=O)NCc1ccccc1)C1(C)[C@H](F)[C@H](F)C[C@H](F)[C@@H]1F. The molecule has 2 aliphatic carbocycles. The predicted molar refractivity (Wildman–Crippen MR) is 244 cm³/mol. The normalized spacial score (nSPS) is 27.4. The summed E-state index contributed by atoms with van der Waals surface area (Å²) in [6, 6.07) is 29.5. The minimum atomic E-state index is -2.52. The fourth-order valence-corrected chi connectivity index (χ4v) is 9.04. The van der Waals surface area contributed by atoms with Crippen molar-refractivity contribution >= 4 is 23.6 Å². The summed E-state index contributed by atoms with van der Waals surface area (Å²) in [5.41, 5.74) is -3.24. The molecule has 2 saturated carbocycles. The van der Waals surface area contributed by atoms with E-state index in [-0.39, 0.29) is 37.3 Å². The van der Waals surface area contributed by atoms with E-state index in [1.165, 1.54) is 36.4 Å². The molecule has 0 saturated heterocycles. The lowest BCUT2D eigenvalue weighted by Gasteiger charge is -2.49. The minimum Gasteiger partial charge on any atom is -0.350 e. The lowest BCUT2D eigenvalue weighted by molar-refractivity contribution is -0.152. The molecule has 6 rings (SSSR count). The number of hydrogen-bond acceptors (Lipinski definition) is 4. The largest absolute Gasteiger partial charge is 0.350 e. The van der Waals surface area contributed by atoms with Crippen LogP contribution in [0.3, 0.4) is 0 Å². The van der Waals surface area contributed by atoms with Gasteiger partial charge in [-0.05, 0) is 35.4 Å². The maximum Gasteiger partial charge on any atom is 0.254 e. The molecule has 0 heterocycles. The molecule has 68 heavy (non-hydrogen) atoms. The van der Waals surface area contributed by atoms with Gasteiger partial charge in [-0.15, -0.1) is 13.2 Å². The first kappa shape index (κ1) is 52.6. The van der Waals surface area contributed by atoms with E-state index < -0.39 is 109 Å². The van der Waals surface area contributed by atoms with E-state index in [9.17, 15) is 36.7 Å². The van der Waals surface area contributed by atoms with E-state index >= 15 is 17.6 Å². The van der Waals surface area contributed by atoms with Gasteiger partial charge in [0.15, 0.2) is 0 Å². The summed E-state index contributed by atoms with van der Waals surface area (Å²) >= 11 is 0. The predicted octanol–water partition coefficient (Wildman–Crippen LogP) is 9.52. The van der Waals surface area contributed by atoms with Crippen molar-refractivity contribution in [2.24, 2.45) is 10.8 Å². The Balaban J connectivity index is 0.000000254. The van der Waals surface area contributed by atoms with E-state index in [2.05, 4.69) is 23.8 Å². The Morgan fingerprint density at radius 3 is 1.04 bits per heavy atom. The molecule has 2 N–H and O–H groups in total. The molecule has 0 aliphatic heterocycles. The highest BCUT2D eigenvalue weighted by atomic mass is 19.2. The highest BCUT2D eigenvalue weighted by molar-refractivity contribution is 5.99. The number of carbonyl (C=O) groups excluding carboxylic acids is 4. The van der Waals surface area contributed by atoms with E-state index in [1.54, 1.807) is 97.1 Å². The highest BCUT2D eigenvalue weighted by Gasteiger charge is 2.64. The molecular formula is C52H56F8N4O4. The molecule has 0 bridgehead atoms. The van der Waals surface area contributed by atoms with Crippen molar-refractivity contribution in [2.75, 3.05) is 13.1 Å². The van der Waals surface area contributed by atoms with Crippen LogP contribution in [0, 0.1) is 10.8 Å². The Hall–Kier alpha value is -6.32. The Kier molecular flexibility index (Phi) is 18.3. The lowest BCUT2D eigenvalue weighted by atomic mass is 9.65. The van der Waals surface area contributed by atoms with Gasteiger partial charge in [-0.3, -0.25) is 19.2 Å². The molecule has 364 valence electrons. The maximum absolute atomic E-state index is 15.4. The molecular weight excluding hydrogens is 897 g/mol. The molecule has 12 atom stereocenters. The molecule has 4 aromatic rings. The van der Waals surface area contributed by atoms with Crippen LogP contribution in [0.2, 0.25) is 0 Å². The second kappa shape index (κ2) is 23.6. The number of carbonyl (C=O) groups is 4. The second-order valence-electron chi connectivity index (χ2n) is 17.3. The zero-order chi connectivity index (χ0) is 49.8. The molecule has 2 aliphatic rings. The summed E-state index contributed by atoms with van der Waals surface area (Å²) in [6.07, 6.45) is -18.7. The summed E-state index contributed by atoms with van der Waals surface area (Å²) in [6.45, 7) is 8.62. The molecule has 0 radical (unpaired) electrons. The standard InChI is InChI=1S/2C26H28F4N2O2/c2*1-3-14-32(25(34)18-12-8-5-9-13-18)23(24(33)31-16-17-10-6-4-7-11-17)26(2)21(29)19(27)15-20(28)22(26)30/h2*3-13,19-23H,1,14-16H2,2H3,(H,31,33)/t2*19-,20+,21-,22+,23-,26?/m00/s1. The Bertz CT molecular complexity index is 2110. The Morgan fingerprint density at radius 2 is 0.779 bits per heavy atom. The lowest BCUT2D eigenvalue weighted by Crippen LogP contribution is -2.67. The molecule has 0 aromatic heterocycles. The second-order valence-corrected chi connectivity index (χ2v) is 17.3. The van der Waals surface area contributed by atoms with E-state index in [0.717, 1.165) is 23.6 Å². The number of halogens is 8. The van der Waals surface area contributed by atoms with Crippen LogP contribution in [0.5, 0.6) is 0 Å². The van der Waals surface area contributed by atoms with Crippen molar-refractivity contribution in [2.45, 2.75) is 101 Å². The average molecular weight is 953 g/mol. The third-order valence-electron chi connectivity index (χ3n) is 12.7. The zero-order valence-corrected chi connectivity index (χ0v) is 37.7. The van der Waals surface area contributed by atoms with E-state index in [4.69, 9.17) is 0 Å². The number of nitrogens with zero attached hydrogens (tertiary/aromatic N) is 2. The maximum atomic E-state index is 15.4. The van der Waals surface area contributed by atoms with Gasteiger partial charge in [0.25, 0.3) is 11.8 Å². The summed E-state index contributed by atoms with van der Waals surface area (Å²) in [5, 5.41) is 5.18. The third kappa shape index (κ3) is 11.5. The van der Waals surface area contributed by atoms with Gasteiger partial charge in [0, 0.05) is 50.1 Å². The van der Waals surface area contributed by atoms with Crippen LogP contribution in [-0.2, 0) is 22.7 Å². The van der Waals surface area contributed by atoms with Crippen molar-refractivity contribution < 1.29 is 54.3 Å². The smallest absolute Gasteiger partial charge is 0.254 e.